The molecule has 0 aliphatic carbocycles. The number of primary sulfonamides is 1. The third-order valence-corrected chi connectivity index (χ3v) is 3.51. The minimum absolute atomic E-state index is 0.0359. The van der Waals surface area contributed by atoms with Gasteiger partial charge in [-0.1, -0.05) is 0 Å². The Bertz CT molecular complexity index is 550. The molecule has 0 aliphatic heterocycles. The van der Waals surface area contributed by atoms with Crippen LogP contribution in [-0.2, 0) is 10.0 Å². The number of ether oxygens (including phenoxy) is 1. The minimum atomic E-state index is -3.72. The zero-order valence-electron chi connectivity index (χ0n) is 12.4. The van der Waals surface area contributed by atoms with E-state index in [1.807, 2.05) is 0 Å². The van der Waals surface area contributed by atoms with Crippen molar-refractivity contribution in [2.45, 2.75) is 31.2 Å². The average Bonchev–Trinajstić information content (AvgIpc) is 2.32. The molecule has 0 saturated heterocycles. The smallest absolute Gasteiger partial charge is 0.238 e. The molecule has 0 unspecified atom stereocenters. The summed E-state index contributed by atoms with van der Waals surface area (Å²) in [6.07, 6.45) is 0. The number of anilines is 1. The van der Waals surface area contributed by atoms with Crippen LogP contribution in [0.3, 0.4) is 0 Å². The highest BCUT2D eigenvalue weighted by Crippen LogP contribution is 2.26. The lowest BCUT2D eigenvalue weighted by Crippen LogP contribution is -2.38. The van der Waals surface area contributed by atoms with E-state index in [9.17, 15) is 8.42 Å². The Morgan fingerprint density at radius 1 is 1.25 bits per heavy atom. The molecule has 4 N–H and O–H groups in total. The van der Waals surface area contributed by atoms with E-state index < -0.39 is 10.0 Å². The first kappa shape index (κ1) is 16.7. The van der Waals surface area contributed by atoms with Crippen LogP contribution < -0.4 is 20.5 Å². The van der Waals surface area contributed by atoms with E-state index in [0.717, 1.165) is 6.54 Å². The van der Waals surface area contributed by atoms with Gasteiger partial charge in [0, 0.05) is 18.6 Å². The Kier molecular flexibility index (Phi) is 5.38. The SMILES string of the molecule is COc1ccc(S(N)(=O)=O)cc1NCCNC(C)(C)C. The van der Waals surface area contributed by atoms with Crippen molar-refractivity contribution in [3.63, 3.8) is 0 Å². The number of sulfonamides is 1. The first-order valence-corrected chi connectivity index (χ1v) is 7.88. The molecule has 6 nitrogen and oxygen atoms in total. The zero-order chi connectivity index (χ0) is 15.4. The minimum Gasteiger partial charge on any atom is -0.495 e. The molecule has 0 heterocycles. The summed E-state index contributed by atoms with van der Waals surface area (Å²) >= 11 is 0. The molecule has 0 saturated carbocycles. The monoisotopic (exact) mass is 301 g/mol. The molecule has 0 fully saturated rings. The summed E-state index contributed by atoms with van der Waals surface area (Å²) in [4.78, 5) is 0.0598. The summed E-state index contributed by atoms with van der Waals surface area (Å²) in [7, 11) is -2.18. The topological polar surface area (TPSA) is 93.5 Å². The number of methoxy groups -OCH3 is 1. The molecule has 0 radical (unpaired) electrons. The highest BCUT2D eigenvalue weighted by molar-refractivity contribution is 7.89. The van der Waals surface area contributed by atoms with Gasteiger partial charge in [-0.2, -0.15) is 0 Å². The second-order valence-electron chi connectivity index (χ2n) is 5.51. The van der Waals surface area contributed by atoms with Crippen molar-refractivity contribution in [1.29, 1.82) is 0 Å². The summed E-state index contributed by atoms with van der Waals surface area (Å²) < 4.78 is 27.9. The van der Waals surface area contributed by atoms with Gasteiger partial charge >= 0.3 is 0 Å². The molecule has 1 rings (SSSR count). The fourth-order valence-electron chi connectivity index (χ4n) is 1.64. The predicted molar refractivity (Wildman–Crippen MR) is 80.6 cm³/mol. The van der Waals surface area contributed by atoms with Crippen LogP contribution in [0.4, 0.5) is 5.69 Å². The quantitative estimate of drug-likeness (QED) is 0.685. The Morgan fingerprint density at radius 2 is 1.90 bits per heavy atom. The van der Waals surface area contributed by atoms with E-state index in [2.05, 4.69) is 31.4 Å². The van der Waals surface area contributed by atoms with E-state index in [1.165, 1.54) is 19.2 Å². The Labute approximate surface area is 120 Å². The molecule has 0 bridgehead atoms. The van der Waals surface area contributed by atoms with Crippen molar-refractivity contribution < 1.29 is 13.2 Å². The van der Waals surface area contributed by atoms with Crippen molar-refractivity contribution >= 4 is 15.7 Å². The molecule has 0 aromatic heterocycles. The zero-order valence-corrected chi connectivity index (χ0v) is 13.2. The average molecular weight is 301 g/mol. The summed E-state index contributed by atoms with van der Waals surface area (Å²) in [5, 5.41) is 11.6. The van der Waals surface area contributed by atoms with Gasteiger partial charge in [0.25, 0.3) is 0 Å². The molecule has 1 aromatic rings. The van der Waals surface area contributed by atoms with E-state index in [4.69, 9.17) is 9.88 Å². The lowest BCUT2D eigenvalue weighted by molar-refractivity contribution is 0.415. The van der Waals surface area contributed by atoms with Crippen LogP contribution in [0.5, 0.6) is 5.75 Å². The number of hydrogen-bond acceptors (Lipinski definition) is 5. The van der Waals surface area contributed by atoms with E-state index >= 15 is 0 Å². The molecule has 0 amide bonds. The summed E-state index contributed by atoms with van der Waals surface area (Å²) in [5.74, 6) is 0.577. The van der Waals surface area contributed by atoms with Gasteiger partial charge < -0.3 is 15.4 Å². The Balaban J connectivity index is 2.77. The Morgan fingerprint density at radius 3 is 2.40 bits per heavy atom. The van der Waals surface area contributed by atoms with E-state index in [0.29, 0.717) is 18.0 Å². The summed E-state index contributed by atoms with van der Waals surface area (Å²) in [5.41, 5.74) is 0.642. The molecule has 0 aliphatic rings. The van der Waals surface area contributed by atoms with Gasteiger partial charge in [0.1, 0.15) is 5.75 Å². The van der Waals surface area contributed by atoms with Gasteiger partial charge in [0.05, 0.1) is 17.7 Å². The largest absolute Gasteiger partial charge is 0.495 e. The standard InChI is InChI=1S/C13H23N3O3S/c1-13(2,3)16-8-7-15-11-9-10(20(14,17)18)5-6-12(11)19-4/h5-6,9,15-16H,7-8H2,1-4H3,(H2,14,17,18). The second kappa shape index (κ2) is 6.43. The highest BCUT2D eigenvalue weighted by Gasteiger charge is 2.12. The van der Waals surface area contributed by atoms with Crippen molar-refractivity contribution in [1.82, 2.24) is 5.32 Å². The second-order valence-corrected chi connectivity index (χ2v) is 7.07. The van der Waals surface area contributed by atoms with E-state index in [-0.39, 0.29) is 10.4 Å². The van der Waals surface area contributed by atoms with Gasteiger partial charge in [0.15, 0.2) is 0 Å². The van der Waals surface area contributed by atoms with Crippen LogP contribution in [-0.4, -0.2) is 34.2 Å². The first-order chi connectivity index (χ1) is 9.13. The normalized spacial score (nSPS) is 12.2. The number of benzene rings is 1. The molecular formula is C13H23N3O3S. The molecule has 20 heavy (non-hydrogen) atoms. The van der Waals surface area contributed by atoms with Gasteiger partial charge in [0.2, 0.25) is 10.0 Å². The fourth-order valence-corrected chi connectivity index (χ4v) is 2.18. The lowest BCUT2D eigenvalue weighted by atomic mass is 10.1. The maximum absolute atomic E-state index is 11.3. The van der Waals surface area contributed by atoms with Crippen LogP contribution in [0.1, 0.15) is 20.8 Å². The lowest BCUT2D eigenvalue weighted by Gasteiger charge is -2.21. The van der Waals surface area contributed by atoms with Crippen LogP contribution in [0.2, 0.25) is 0 Å². The van der Waals surface area contributed by atoms with Crippen molar-refractivity contribution in [3.8, 4) is 5.75 Å². The number of rotatable bonds is 6. The molecule has 7 heteroatoms. The summed E-state index contributed by atoms with van der Waals surface area (Å²) in [6, 6.07) is 4.48. The Hall–Kier alpha value is -1.31. The van der Waals surface area contributed by atoms with Crippen LogP contribution in [0, 0.1) is 0 Å². The van der Waals surface area contributed by atoms with Crippen LogP contribution in [0.25, 0.3) is 0 Å². The number of nitrogens with one attached hydrogen (secondary N) is 2. The maximum atomic E-state index is 11.3. The third-order valence-electron chi connectivity index (χ3n) is 2.60. The highest BCUT2D eigenvalue weighted by atomic mass is 32.2. The fraction of sp³-hybridized carbons (Fsp3) is 0.538. The molecule has 0 atom stereocenters. The molecule has 1 aromatic carbocycles. The predicted octanol–water partition coefficient (Wildman–Crippen LogP) is 1.14. The maximum Gasteiger partial charge on any atom is 0.238 e. The van der Waals surface area contributed by atoms with Crippen molar-refractivity contribution in [3.05, 3.63) is 18.2 Å². The van der Waals surface area contributed by atoms with Crippen molar-refractivity contribution in [2.75, 3.05) is 25.5 Å². The van der Waals surface area contributed by atoms with Gasteiger partial charge in [-0.3, -0.25) is 0 Å². The molecule has 0 spiro atoms. The number of hydrogen-bond donors (Lipinski definition) is 3. The molecular weight excluding hydrogens is 278 g/mol. The van der Waals surface area contributed by atoms with E-state index in [1.54, 1.807) is 6.07 Å². The third kappa shape index (κ3) is 5.36. The van der Waals surface area contributed by atoms with Crippen molar-refractivity contribution in [2.24, 2.45) is 5.14 Å². The van der Waals surface area contributed by atoms with Crippen LogP contribution in [0.15, 0.2) is 23.1 Å². The van der Waals surface area contributed by atoms with Gasteiger partial charge in [-0.05, 0) is 39.0 Å². The molecule has 114 valence electrons. The van der Waals surface area contributed by atoms with Gasteiger partial charge in [-0.15, -0.1) is 0 Å². The van der Waals surface area contributed by atoms with Crippen LogP contribution >= 0.6 is 0 Å². The first-order valence-electron chi connectivity index (χ1n) is 6.33. The van der Waals surface area contributed by atoms with Gasteiger partial charge in [-0.25, -0.2) is 13.6 Å². The summed E-state index contributed by atoms with van der Waals surface area (Å²) in [6.45, 7) is 7.62. The number of nitrogens with two attached hydrogens (primary N) is 1.